The molecule has 3 rings (SSSR count). The van der Waals surface area contributed by atoms with Crippen LogP contribution in [0.1, 0.15) is 49.7 Å². The van der Waals surface area contributed by atoms with E-state index in [0.717, 1.165) is 18.1 Å². The fourth-order valence-electron chi connectivity index (χ4n) is 3.94. The third-order valence-corrected chi connectivity index (χ3v) is 5.44. The minimum atomic E-state index is 0.367. The second-order valence-electron chi connectivity index (χ2n) is 6.93. The fourth-order valence-corrected chi connectivity index (χ4v) is 4.23. The van der Waals surface area contributed by atoms with Crippen LogP contribution in [0.15, 0.2) is 18.2 Å². The van der Waals surface area contributed by atoms with Gasteiger partial charge in [0, 0.05) is 23.7 Å². The molecule has 0 atom stereocenters. The Labute approximate surface area is 133 Å². The molecule has 0 bridgehead atoms. The Kier molecular flexibility index (Phi) is 4.88. The summed E-state index contributed by atoms with van der Waals surface area (Å²) >= 11 is 6.42. The first-order valence-corrected chi connectivity index (χ1v) is 8.77. The van der Waals surface area contributed by atoms with Gasteiger partial charge in [-0.25, -0.2) is 0 Å². The number of hydrogen-bond acceptors (Lipinski definition) is 2. The second-order valence-corrected chi connectivity index (χ2v) is 7.33. The maximum atomic E-state index is 6.42. The average molecular weight is 307 g/mol. The maximum absolute atomic E-state index is 6.42. The second kappa shape index (κ2) is 6.68. The van der Waals surface area contributed by atoms with Crippen molar-refractivity contribution in [3.05, 3.63) is 34.3 Å². The van der Waals surface area contributed by atoms with Crippen LogP contribution < -0.4 is 5.32 Å². The molecule has 1 spiro atoms. The third kappa shape index (κ3) is 3.80. The van der Waals surface area contributed by atoms with Gasteiger partial charge in [-0.2, -0.15) is 0 Å². The summed E-state index contributed by atoms with van der Waals surface area (Å²) in [5.74, 6) is 0. The Morgan fingerprint density at radius 3 is 2.76 bits per heavy atom. The summed E-state index contributed by atoms with van der Waals surface area (Å²) in [4.78, 5) is 2.61. The molecule has 116 valence electrons. The van der Waals surface area contributed by atoms with Gasteiger partial charge in [-0.1, -0.05) is 43.0 Å². The van der Waals surface area contributed by atoms with E-state index >= 15 is 0 Å². The summed E-state index contributed by atoms with van der Waals surface area (Å²) in [5.41, 5.74) is 2.88. The molecule has 1 saturated carbocycles. The van der Waals surface area contributed by atoms with Crippen LogP contribution in [0.25, 0.3) is 0 Å². The molecule has 21 heavy (non-hydrogen) atoms. The van der Waals surface area contributed by atoms with E-state index < -0.39 is 0 Å². The Bertz CT molecular complexity index is 480. The van der Waals surface area contributed by atoms with Gasteiger partial charge in [0.2, 0.25) is 0 Å². The molecule has 2 aliphatic rings. The van der Waals surface area contributed by atoms with Gasteiger partial charge in [-0.05, 0) is 56.5 Å². The van der Waals surface area contributed by atoms with Crippen molar-refractivity contribution in [3.63, 3.8) is 0 Å². The highest BCUT2D eigenvalue weighted by molar-refractivity contribution is 6.31. The van der Waals surface area contributed by atoms with Gasteiger partial charge < -0.3 is 5.32 Å². The number of rotatable bonds is 2. The van der Waals surface area contributed by atoms with E-state index in [2.05, 4.69) is 35.3 Å². The van der Waals surface area contributed by atoms with Gasteiger partial charge >= 0.3 is 0 Å². The van der Waals surface area contributed by atoms with Crippen LogP contribution in [0.5, 0.6) is 0 Å². The van der Waals surface area contributed by atoms with Crippen LogP contribution >= 0.6 is 11.6 Å². The minimum absolute atomic E-state index is 0.367. The number of nitrogens with zero attached hydrogens (tertiary/aromatic N) is 1. The van der Waals surface area contributed by atoms with Gasteiger partial charge in [0.1, 0.15) is 0 Å². The van der Waals surface area contributed by atoms with E-state index in [-0.39, 0.29) is 0 Å². The van der Waals surface area contributed by atoms with Crippen LogP contribution in [0.4, 0.5) is 0 Å². The predicted octanol–water partition coefficient (Wildman–Crippen LogP) is 4.15. The van der Waals surface area contributed by atoms with E-state index in [9.17, 15) is 0 Å². The molecule has 0 unspecified atom stereocenters. The lowest BCUT2D eigenvalue weighted by Crippen LogP contribution is -2.52. The fraction of sp³-hybridized carbons (Fsp3) is 0.667. The van der Waals surface area contributed by atoms with Crippen LogP contribution in [-0.4, -0.2) is 30.1 Å². The maximum Gasteiger partial charge on any atom is 0.0453 e. The zero-order valence-corrected chi connectivity index (χ0v) is 13.9. The molecule has 0 amide bonds. The first-order valence-electron chi connectivity index (χ1n) is 8.39. The minimum Gasteiger partial charge on any atom is -0.310 e. The Balaban J connectivity index is 1.71. The van der Waals surface area contributed by atoms with Crippen LogP contribution in [0, 0.1) is 6.92 Å². The molecule has 0 aromatic heterocycles. The summed E-state index contributed by atoms with van der Waals surface area (Å²) in [6.07, 6.45) is 8.09. The molecular weight excluding hydrogens is 280 g/mol. The molecule has 1 aliphatic heterocycles. The summed E-state index contributed by atoms with van der Waals surface area (Å²) in [6, 6.07) is 6.46. The zero-order valence-electron chi connectivity index (χ0n) is 13.1. The zero-order chi connectivity index (χ0) is 14.7. The van der Waals surface area contributed by atoms with Gasteiger partial charge in [-0.3, -0.25) is 4.90 Å². The number of benzene rings is 1. The summed E-state index contributed by atoms with van der Waals surface area (Å²) in [6.45, 7) is 6.61. The lowest BCUT2D eigenvalue weighted by atomic mass is 9.81. The van der Waals surface area contributed by atoms with E-state index in [4.69, 9.17) is 11.6 Å². The summed E-state index contributed by atoms with van der Waals surface area (Å²) < 4.78 is 0. The summed E-state index contributed by atoms with van der Waals surface area (Å²) in [5, 5.41) is 4.78. The number of hydrogen-bond donors (Lipinski definition) is 1. The van der Waals surface area contributed by atoms with Gasteiger partial charge in [0.25, 0.3) is 0 Å². The first-order chi connectivity index (χ1) is 10.2. The smallest absolute Gasteiger partial charge is 0.0453 e. The van der Waals surface area contributed by atoms with Crippen LogP contribution in [0.2, 0.25) is 5.02 Å². The van der Waals surface area contributed by atoms with Crippen molar-refractivity contribution in [1.82, 2.24) is 10.2 Å². The molecular formula is C18H27ClN2. The third-order valence-electron chi connectivity index (χ3n) is 5.09. The largest absolute Gasteiger partial charge is 0.310 e. The summed E-state index contributed by atoms with van der Waals surface area (Å²) in [7, 11) is 0. The Morgan fingerprint density at radius 2 is 2.00 bits per heavy atom. The molecule has 1 aromatic carbocycles. The standard InChI is InChI=1S/C18H27ClN2/c1-15-6-7-16(17(19)12-15)13-21-11-5-10-20-18(14-21)8-3-2-4-9-18/h6-7,12,20H,2-5,8-11,13-14H2,1H3. The molecule has 1 N–H and O–H groups in total. The number of aryl methyl sites for hydroxylation is 1. The molecule has 1 saturated heterocycles. The highest BCUT2D eigenvalue weighted by Gasteiger charge is 2.34. The van der Waals surface area contributed by atoms with Crippen LogP contribution in [-0.2, 0) is 6.54 Å². The van der Waals surface area contributed by atoms with Crippen molar-refractivity contribution in [2.24, 2.45) is 0 Å². The van der Waals surface area contributed by atoms with Crippen molar-refractivity contribution >= 4 is 11.6 Å². The number of nitrogens with one attached hydrogen (secondary N) is 1. The number of halogens is 1. The topological polar surface area (TPSA) is 15.3 Å². The van der Waals surface area contributed by atoms with E-state index in [1.165, 1.54) is 62.7 Å². The molecule has 0 radical (unpaired) electrons. The monoisotopic (exact) mass is 306 g/mol. The van der Waals surface area contributed by atoms with E-state index in [1.54, 1.807) is 0 Å². The Hall–Kier alpha value is -0.570. The van der Waals surface area contributed by atoms with Crippen LogP contribution in [0.3, 0.4) is 0 Å². The molecule has 2 nitrogen and oxygen atoms in total. The van der Waals surface area contributed by atoms with Crippen molar-refractivity contribution in [2.45, 2.75) is 57.5 Å². The average Bonchev–Trinajstić information content (AvgIpc) is 2.65. The van der Waals surface area contributed by atoms with Crippen molar-refractivity contribution in [3.8, 4) is 0 Å². The molecule has 1 aliphatic carbocycles. The lowest BCUT2D eigenvalue weighted by molar-refractivity contribution is 0.159. The molecule has 1 heterocycles. The highest BCUT2D eigenvalue weighted by Crippen LogP contribution is 2.31. The van der Waals surface area contributed by atoms with E-state index in [0.29, 0.717) is 5.54 Å². The van der Waals surface area contributed by atoms with Crippen molar-refractivity contribution < 1.29 is 0 Å². The van der Waals surface area contributed by atoms with Gasteiger partial charge in [0.05, 0.1) is 0 Å². The SMILES string of the molecule is Cc1ccc(CN2CCCNC3(CCCCC3)C2)c(Cl)c1. The van der Waals surface area contributed by atoms with Gasteiger partial charge in [0.15, 0.2) is 0 Å². The normalized spacial score (nSPS) is 23.1. The first kappa shape index (κ1) is 15.3. The van der Waals surface area contributed by atoms with Crippen molar-refractivity contribution in [1.29, 1.82) is 0 Å². The molecule has 3 heteroatoms. The lowest BCUT2D eigenvalue weighted by Gasteiger charge is -2.40. The molecule has 2 fully saturated rings. The molecule has 1 aromatic rings. The Morgan fingerprint density at radius 1 is 1.19 bits per heavy atom. The van der Waals surface area contributed by atoms with Crippen molar-refractivity contribution in [2.75, 3.05) is 19.6 Å². The predicted molar refractivity (Wildman–Crippen MR) is 89.9 cm³/mol. The van der Waals surface area contributed by atoms with Gasteiger partial charge in [-0.15, -0.1) is 0 Å². The quantitative estimate of drug-likeness (QED) is 0.883. The highest BCUT2D eigenvalue weighted by atomic mass is 35.5. The van der Waals surface area contributed by atoms with E-state index in [1.807, 2.05) is 0 Å².